The van der Waals surface area contributed by atoms with Crippen molar-refractivity contribution in [1.82, 2.24) is 0 Å². The van der Waals surface area contributed by atoms with Crippen LogP contribution in [0.3, 0.4) is 0 Å². The lowest BCUT2D eigenvalue weighted by atomic mass is 9.80. The molecule has 0 spiro atoms. The molecule has 0 heteroatoms. The Labute approximate surface area is 334 Å². The standard InChI is InChI=1S/C57H40/c1-57(2)55-29-26-44(39-18-10-5-11-19-39)34-53(55)54-35-51-47-27-24-45(42-22-12-20-40(30-42)37-14-6-3-7-15-37)32-49(47)50-33-46(25-28-48(50)52(51)36-56(54)57)43-23-13-21-41(31-43)38-16-8-4-9-17-38/h3-36H,1-2H3. The molecule has 0 atom stereocenters. The third kappa shape index (κ3) is 5.52. The summed E-state index contributed by atoms with van der Waals surface area (Å²) in [4.78, 5) is 0. The molecule has 0 nitrogen and oxygen atoms in total. The van der Waals surface area contributed by atoms with Crippen LogP contribution in [0, 0.1) is 0 Å². The normalized spacial score (nSPS) is 12.9. The Hall–Kier alpha value is -7.02. The van der Waals surface area contributed by atoms with E-state index in [1.54, 1.807) is 0 Å². The first kappa shape index (κ1) is 33.3. The van der Waals surface area contributed by atoms with Crippen LogP contribution in [0.1, 0.15) is 25.0 Å². The molecule has 0 N–H and O–H groups in total. The first-order valence-corrected chi connectivity index (χ1v) is 20.0. The maximum Gasteiger partial charge on any atom is 0.0159 e. The van der Waals surface area contributed by atoms with Crippen LogP contribution in [0.5, 0.6) is 0 Å². The van der Waals surface area contributed by atoms with Crippen molar-refractivity contribution < 1.29 is 0 Å². The van der Waals surface area contributed by atoms with E-state index in [-0.39, 0.29) is 5.41 Å². The zero-order valence-corrected chi connectivity index (χ0v) is 32.1. The minimum atomic E-state index is -0.124. The van der Waals surface area contributed by atoms with Crippen molar-refractivity contribution in [1.29, 1.82) is 0 Å². The average Bonchev–Trinajstić information content (AvgIpc) is 3.50. The van der Waals surface area contributed by atoms with Crippen LogP contribution in [-0.4, -0.2) is 0 Å². The van der Waals surface area contributed by atoms with Crippen LogP contribution in [0.25, 0.3) is 99.1 Å². The Morgan fingerprint density at radius 2 is 0.579 bits per heavy atom. The third-order valence-electron chi connectivity index (χ3n) is 12.4. The molecular formula is C57H40. The fraction of sp³-hybridized carbons (Fsp3) is 0.0526. The predicted octanol–water partition coefficient (Wildman–Crippen LogP) is 15.8. The van der Waals surface area contributed by atoms with Gasteiger partial charge in [-0.2, -0.15) is 0 Å². The second kappa shape index (κ2) is 13.0. The molecule has 1 aliphatic rings. The number of fused-ring (bicyclic) bond motifs is 9. The van der Waals surface area contributed by atoms with Gasteiger partial charge in [0.2, 0.25) is 0 Å². The molecule has 11 rings (SSSR count). The van der Waals surface area contributed by atoms with Gasteiger partial charge in [-0.15, -0.1) is 0 Å². The summed E-state index contributed by atoms with van der Waals surface area (Å²) in [5.41, 5.74) is 17.6. The summed E-state index contributed by atoms with van der Waals surface area (Å²) >= 11 is 0. The van der Waals surface area contributed by atoms with Crippen LogP contribution < -0.4 is 0 Å². The van der Waals surface area contributed by atoms with Gasteiger partial charge in [0.05, 0.1) is 0 Å². The van der Waals surface area contributed by atoms with Crippen LogP contribution in [-0.2, 0) is 5.41 Å². The lowest BCUT2D eigenvalue weighted by Gasteiger charge is -2.22. The third-order valence-corrected chi connectivity index (χ3v) is 12.4. The van der Waals surface area contributed by atoms with E-state index in [4.69, 9.17) is 0 Å². The molecule has 1 aliphatic carbocycles. The first-order chi connectivity index (χ1) is 28.0. The molecule has 268 valence electrons. The van der Waals surface area contributed by atoms with Crippen LogP contribution in [0.4, 0.5) is 0 Å². The maximum atomic E-state index is 2.52. The number of benzene rings is 10. The molecule has 0 aliphatic heterocycles. The molecule has 10 aromatic rings. The topological polar surface area (TPSA) is 0 Å². The zero-order valence-electron chi connectivity index (χ0n) is 32.1. The van der Waals surface area contributed by atoms with Gasteiger partial charge in [0.1, 0.15) is 0 Å². The molecule has 57 heavy (non-hydrogen) atoms. The van der Waals surface area contributed by atoms with Gasteiger partial charge >= 0.3 is 0 Å². The minimum Gasteiger partial charge on any atom is -0.0622 e. The second-order valence-electron chi connectivity index (χ2n) is 16.1. The fourth-order valence-corrected chi connectivity index (χ4v) is 9.43. The van der Waals surface area contributed by atoms with Gasteiger partial charge in [0.25, 0.3) is 0 Å². The van der Waals surface area contributed by atoms with E-state index >= 15 is 0 Å². The highest BCUT2D eigenvalue weighted by Gasteiger charge is 2.36. The van der Waals surface area contributed by atoms with Crippen molar-refractivity contribution in [3.63, 3.8) is 0 Å². The summed E-state index contributed by atoms with van der Waals surface area (Å²) in [6.45, 7) is 4.78. The Kier molecular flexibility index (Phi) is 7.63. The van der Waals surface area contributed by atoms with Crippen molar-refractivity contribution >= 4 is 32.3 Å². The molecule has 0 saturated heterocycles. The fourth-order valence-electron chi connectivity index (χ4n) is 9.43. The van der Waals surface area contributed by atoms with Gasteiger partial charge in [-0.05, 0) is 153 Å². The highest BCUT2D eigenvalue weighted by molar-refractivity contribution is 6.27. The number of hydrogen-bond acceptors (Lipinski definition) is 0. The van der Waals surface area contributed by atoms with E-state index in [9.17, 15) is 0 Å². The Balaban J connectivity index is 1.15. The minimum absolute atomic E-state index is 0.124. The largest absolute Gasteiger partial charge is 0.0622 e. The van der Waals surface area contributed by atoms with E-state index in [0.29, 0.717) is 0 Å². The lowest BCUT2D eigenvalue weighted by molar-refractivity contribution is 0.661. The van der Waals surface area contributed by atoms with Crippen molar-refractivity contribution in [2.75, 3.05) is 0 Å². The van der Waals surface area contributed by atoms with E-state index in [1.165, 1.54) is 110 Å². The van der Waals surface area contributed by atoms with Gasteiger partial charge in [0.15, 0.2) is 0 Å². The number of hydrogen-bond donors (Lipinski definition) is 0. The summed E-state index contributed by atoms with van der Waals surface area (Å²) in [5.74, 6) is 0. The van der Waals surface area contributed by atoms with E-state index in [0.717, 1.165) is 0 Å². The highest BCUT2D eigenvalue weighted by Crippen LogP contribution is 2.52. The monoisotopic (exact) mass is 724 g/mol. The van der Waals surface area contributed by atoms with Crippen molar-refractivity contribution in [3.05, 3.63) is 217 Å². The quantitative estimate of drug-likeness (QED) is 0.155. The van der Waals surface area contributed by atoms with Crippen LogP contribution in [0.2, 0.25) is 0 Å². The van der Waals surface area contributed by atoms with Gasteiger partial charge in [0, 0.05) is 5.41 Å². The second-order valence-corrected chi connectivity index (χ2v) is 16.1. The Morgan fingerprint density at radius 3 is 1.07 bits per heavy atom. The average molecular weight is 725 g/mol. The Bertz CT molecular complexity index is 3170. The highest BCUT2D eigenvalue weighted by atomic mass is 14.4. The molecule has 0 unspecified atom stereocenters. The van der Waals surface area contributed by atoms with E-state index < -0.39 is 0 Å². The molecule has 10 aromatic carbocycles. The van der Waals surface area contributed by atoms with Crippen molar-refractivity contribution in [2.45, 2.75) is 19.3 Å². The summed E-state index contributed by atoms with van der Waals surface area (Å²) < 4.78 is 0. The SMILES string of the molecule is CC1(C)c2ccc(-c3ccccc3)cc2-c2cc3c4ccc(-c5cccc(-c6ccccc6)c5)cc4c4cc(-c5cccc(-c6ccccc6)c5)ccc4c3cc21. The summed E-state index contributed by atoms with van der Waals surface area (Å²) in [6.07, 6.45) is 0. The molecule has 0 radical (unpaired) electrons. The van der Waals surface area contributed by atoms with Crippen molar-refractivity contribution in [3.8, 4) is 66.8 Å². The first-order valence-electron chi connectivity index (χ1n) is 20.0. The van der Waals surface area contributed by atoms with E-state index in [1.807, 2.05) is 0 Å². The molecule has 0 bridgehead atoms. The molecular weight excluding hydrogens is 685 g/mol. The molecule has 0 amide bonds. The molecule has 0 fully saturated rings. The summed E-state index contributed by atoms with van der Waals surface area (Å²) in [7, 11) is 0. The van der Waals surface area contributed by atoms with Gasteiger partial charge in [-0.3, -0.25) is 0 Å². The lowest BCUT2D eigenvalue weighted by Crippen LogP contribution is -2.14. The van der Waals surface area contributed by atoms with Gasteiger partial charge in [-0.1, -0.05) is 178 Å². The van der Waals surface area contributed by atoms with E-state index in [2.05, 4.69) is 220 Å². The van der Waals surface area contributed by atoms with Gasteiger partial charge in [-0.25, -0.2) is 0 Å². The maximum absolute atomic E-state index is 2.52. The molecule has 0 saturated carbocycles. The summed E-state index contributed by atoms with van der Waals surface area (Å²) in [6, 6.07) is 76.4. The van der Waals surface area contributed by atoms with Crippen molar-refractivity contribution in [2.24, 2.45) is 0 Å². The van der Waals surface area contributed by atoms with Gasteiger partial charge < -0.3 is 0 Å². The molecule has 0 heterocycles. The zero-order chi connectivity index (χ0) is 38.1. The smallest absolute Gasteiger partial charge is 0.0159 e. The Morgan fingerprint density at radius 1 is 0.228 bits per heavy atom. The molecule has 0 aromatic heterocycles. The van der Waals surface area contributed by atoms with Crippen LogP contribution in [0.15, 0.2) is 206 Å². The number of rotatable bonds is 5. The summed E-state index contributed by atoms with van der Waals surface area (Å²) in [5, 5.41) is 7.73. The van der Waals surface area contributed by atoms with Crippen LogP contribution >= 0.6 is 0 Å². The predicted molar refractivity (Wildman–Crippen MR) is 244 cm³/mol.